The Hall–Kier alpha value is -1.10. The zero-order chi connectivity index (χ0) is 9.90. The van der Waals surface area contributed by atoms with E-state index in [1.165, 1.54) is 0 Å². The number of hydrogen-bond acceptors (Lipinski definition) is 2. The number of hydrogen-bond donors (Lipinski definition) is 1. The Labute approximate surface area is 73.0 Å². The van der Waals surface area contributed by atoms with E-state index in [0.717, 1.165) is 18.3 Å². The van der Waals surface area contributed by atoms with E-state index in [4.69, 9.17) is 5.11 Å². The second-order valence-electron chi connectivity index (χ2n) is 2.54. The lowest BCUT2D eigenvalue weighted by molar-refractivity contribution is -0.0311. The summed E-state index contributed by atoms with van der Waals surface area (Å²) < 4.78 is 38.2. The zero-order valence-electron chi connectivity index (χ0n) is 6.67. The lowest BCUT2D eigenvalue weighted by Gasteiger charge is -2.13. The van der Waals surface area contributed by atoms with Gasteiger partial charge in [0.25, 0.3) is 5.92 Å². The van der Waals surface area contributed by atoms with Crippen molar-refractivity contribution in [3.63, 3.8) is 0 Å². The average Bonchev–Trinajstić information content (AvgIpc) is 2.05. The molecule has 0 aromatic carbocycles. The molecular weight excluding hydrogens is 183 g/mol. The molecule has 0 aliphatic rings. The van der Waals surface area contributed by atoms with E-state index in [9.17, 15) is 13.2 Å². The van der Waals surface area contributed by atoms with Crippen molar-refractivity contribution in [3.05, 3.63) is 29.8 Å². The third kappa shape index (κ3) is 2.42. The van der Waals surface area contributed by atoms with Gasteiger partial charge in [-0.05, 0) is 12.1 Å². The van der Waals surface area contributed by atoms with Gasteiger partial charge in [-0.3, -0.25) is 4.98 Å². The van der Waals surface area contributed by atoms with E-state index < -0.39 is 30.5 Å². The number of aliphatic hydroxyl groups is 1. The highest BCUT2D eigenvalue weighted by Gasteiger charge is 2.32. The van der Waals surface area contributed by atoms with Gasteiger partial charge in [-0.2, -0.15) is 8.78 Å². The summed E-state index contributed by atoms with van der Waals surface area (Å²) in [5.41, 5.74) is -0.525. The molecule has 0 aliphatic carbocycles. The summed E-state index contributed by atoms with van der Waals surface area (Å²) in [6.07, 6.45) is 0.0201. The Morgan fingerprint density at radius 1 is 1.38 bits per heavy atom. The largest absolute Gasteiger partial charge is 0.396 e. The summed E-state index contributed by atoms with van der Waals surface area (Å²) >= 11 is 0. The van der Waals surface area contributed by atoms with Crippen molar-refractivity contribution in [2.24, 2.45) is 0 Å². The molecule has 5 heteroatoms. The Balaban J connectivity index is 2.87. The van der Waals surface area contributed by atoms with Crippen molar-refractivity contribution < 1.29 is 18.3 Å². The molecule has 0 saturated heterocycles. The van der Waals surface area contributed by atoms with Crippen LogP contribution in [0.25, 0.3) is 0 Å². The predicted octanol–water partition coefficient (Wildman–Crippen LogP) is 1.69. The van der Waals surface area contributed by atoms with Gasteiger partial charge in [-0.15, -0.1) is 0 Å². The van der Waals surface area contributed by atoms with Crippen LogP contribution in [-0.2, 0) is 5.92 Å². The number of nitrogens with zero attached hydrogens (tertiary/aromatic N) is 1. The van der Waals surface area contributed by atoms with Gasteiger partial charge < -0.3 is 5.11 Å². The van der Waals surface area contributed by atoms with Crippen molar-refractivity contribution in [2.45, 2.75) is 12.3 Å². The molecule has 0 atom stereocenters. The third-order valence-electron chi connectivity index (χ3n) is 1.53. The summed E-state index contributed by atoms with van der Waals surface area (Å²) in [5, 5.41) is 8.34. The summed E-state index contributed by atoms with van der Waals surface area (Å²) in [4.78, 5) is 3.23. The van der Waals surface area contributed by atoms with Gasteiger partial charge in [-0.1, -0.05) is 0 Å². The molecule has 13 heavy (non-hydrogen) atoms. The van der Waals surface area contributed by atoms with Gasteiger partial charge in [0.1, 0.15) is 11.5 Å². The van der Waals surface area contributed by atoms with E-state index in [0.29, 0.717) is 0 Å². The van der Waals surface area contributed by atoms with Gasteiger partial charge in [0.05, 0.1) is 6.20 Å². The van der Waals surface area contributed by atoms with Gasteiger partial charge in [0, 0.05) is 13.0 Å². The molecular formula is C8H8F3NO. The van der Waals surface area contributed by atoms with Crippen molar-refractivity contribution >= 4 is 0 Å². The number of rotatable bonds is 3. The van der Waals surface area contributed by atoms with Crippen LogP contribution >= 0.6 is 0 Å². The second kappa shape index (κ2) is 3.74. The van der Waals surface area contributed by atoms with Crippen LogP contribution in [0.3, 0.4) is 0 Å². The SMILES string of the molecule is OCCC(F)(F)c1ccc(F)cn1. The van der Waals surface area contributed by atoms with E-state index in [1.807, 2.05) is 0 Å². The van der Waals surface area contributed by atoms with E-state index in [-0.39, 0.29) is 0 Å². The van der Waals surface area contributed by atoms with Crippen LogP contribution in [0.2, 0.25) is 0 Å². The van der Waals surface area contributed by atoms with Crippen LogP contribution in [0.4, 0.5) is 13.2 Å². The first-order valence-electron chi connectivity index (χ1n) is 3.67. The van der Waals surface area contributed by atoms with Crippen LogP contribution < -0.4 is 0 Å². The molecule has 1 rings (SSSR count). The molecule has 0 fully saturated rings. The van der Waals surface area contributed by atoms with Crippen molar-refractivity contribution in [1.82, 2.24) is 4.98 Å². The number of aromatic nitrogens is 1. The zero-order valence-corrected chi connectivity index (χ0v) is 6.67. The first-order valence-corrected chi connectivity index (χ1v) is 3.67. The highest BCUT2D eigenvalue weighted by Crippen LogP contribution is 2.29. The molecule has 0 saturated carbocycles. The first-order chi connectivity index (χ1) is 6.06. The third-order valence-corrected chi connectivity index (χ3v) is 1.53. The van der Waals surface area contributed by atoms with Crippen LogP contribution in [0.5, 0.6) is 0 Å². The van der Waals surface area contributed by atoms with E-state index in [1.54, 1.807) is 0 Å². The predicted molar refractivity (Wildman–Crippen MR) is 39.8 cm³/mol. The minimum atomic E-state index is -3.19. The number of aliphatic hydroxyl groups excluding tert-OH is 1. The van der Waals surface area contributed by atoms with Gasteiger partial charge >= 0.3 is 0 Å². The van der Waals surface area contributed by atoms with Crippen molar-refractivity contribution in [1.29, 1.82) is 0 Å². The minimum absolute atomic E-state index is 0.525. The van der Waals surface area contributed by atoms with Gasteiger partial charge in [-0.25, -0.2) is 4.39 Å². The average molecular weight is 191 g/mol. The molecule has 2 nitrogen and oxygen atoms in total. The minimum Gasteiger partial charge on any atom is -0.396 e. The molecule has 1 aromatic heterocycles. The molecule has 0 radical (unpaired) electrons. The molecule has 72 valence electrons. The fourth-order valence-electron chi connectivity index (χ4n) is 0.861. The number of alkyl halides is 2. The molecule has 1 heterocycles. The Morgan fingerprint density at radius 3 is 2.54 bits per heavy atom. The van der Waals surface area contributed by atoms with Crippen LogP contribution in [0.1, 0.15) is 12.1 Å². The Kier molecular flexibility index (Phi) is 2.87. The van der Waals surface area contributed by atoms with Crippen LogP contribution in [-0.4, -0.2) is 16.7 Å². The maximum absolute atomic E-state index is 12.9. The second-order valence-corrected chi connectivity index (χ2v) is 2.54. The summed E-state index contributed by atoms with van der Waals surface area (Å²) in [6.45, 7) is -0.633. The normalized spacial score (nSPS) is 11.7. The van der Waals surface area contributed by atoms with Gasteiger partial charge in [0.2, 0.25) is 0 Å². The summed E-state index contributed by atoms with van der Waals surface area (Å²) in [6, 6.07) is 1.82. The van der Waals surface area contributed by atoms with E-state index >= 15 is 0 Å². The maximum Gasteiger partial charge on any atom is 0.291 e. The fourth-order valence-corrected chi connectivity index (χ4v) is 0.861. The lowest BCUT2D eigenvalue weighted by Crippen LogP contribution is -2.16. The highest BCUT2D eigenvalue weighted by atomic mass is 19.3. The lowest BCUT2D eigenvalue weighted by atomic mass is 10.1. The maximum atomic E-state index is 12.9. The van der Waals surface area contributed by atoms with Crippen molar-refractivity contribution in [2.75, 3.05) is 6.61 Å². The topological polar surface area (TPSA) is 33.1 Å². The molecule has 0 spiro atoms. The fraction of sp³-hybridized carbons (Fsp3) is 0.375. The summed E-state index contributed by atoms with van der Waals surface area (Å²) in [5.74, 6) is -3.86. The van der Waals surface area contributed by atoms with Crippen LogP contribution in [0.15, 0.2) is 18.3 Å². The van der Waals surface area contributed by atoms with E-state index in [2.05, 4.69) is 4.98 Å². The molecule has 0 amide bonds. The Bertz CT molecular complexity index is 273. The molecule has 0 bridgehead atoms. The van der Waals surface area contributed by atoms with Gasteiger partial charge in [0.15, 0.2) is 0 Å². The van der Waals surface area contributed by atoms with Crippen LogP contribution in [0, 0.1) is 5.82 Å². The smallest absolute Gasteiger partial charge is 0.291 e. The molecule has 0 unspecified atom stereocenters. The quantitative estimate of drug-likeness (QED) is 0.788. The first kappa shape index (κ1) is 9.98. The number of pyridine rings is 1. The highest BCUT2D eigenvalue weighted by molar-refractivity contribution is 5.10. The molecule has 0 aliphatic heterocycles. The Morgan fingerprint density at radius 2 is 2.08 bits per heavy atom. The molecule has 1 N–H and O–H groups in total. The number of halogens is 3. The monoisotopic (exact) mass is 191 g/mol. The van der Waals surface area contributed by atoms with Crippen molar-refractivity contribution in [3.8, 4) is 0 Å². The molecule has 1 aromatic rings. The summed E-state index contributed by atoms with van der Waals surface area (Å²) in [7, 11) is 0. The standard InChI is InChI=1S/C8H8F3NO/c9-6-1-2-7(12-5-6)8(10,11)3-4-13/h1-2,5,13H,3-4H2.